The number of aryl methyl sites for hydroxylation is 1. The number of para-hydroxylation sites is 1. The lowest BCUT2D eigenvalue weighted by atomic mass is 9.94. The Hall–Kier alpha value is -4.14. The number of fused-ring (bicyclic) bond motifs is 10. The van der Waals surface area contributed by atoms with Crippen molar-refractivity contribution < 1.29 is 0 Å². The topological polar surface area (TPSA) is 4.93 Å². The van der Waals surface area contributed by atoms with Crippen molar-refractivity contribution in [1.82, 2.24) is 4.57 Å². The van der Waals surface area contributed by atoms with Crippen molar-refractivity contribution in [3.05, 3.63) is 120 Å². The van der Waals surface area contributed by atoms with Crippen LogP contribution in [0.5, 0.6) is 0 Å². The molecule has 1 aliphatic rings. The van der Waals surface area contributed by atoms with Gasteiger partial charge in [-0.1, -0.05) is 84.9 Å². The van der Waals surface area contributed by atoms with Crippen LogP contribution >= 0.6 is 11.3 Å². The number of hydrogen-bond donors (Lipinski definition) is 0. The molecule has 2 aromatic heterocycles. The monoisotopic (exact) mass is 477 g/mol. The Morgan fingerprint density at radius 1 is 0.639 bits per heavy atom. The number of aromatic nitrogens is 1. The van der Waals surface area contributed by atoms with Gasteiger partial charge in [0.05, 0.1) is 15.7 Å². The van der Waals surface area contributed by atoms with Gasteiger partial charge in [-0.2, -0.15) is 0 Å². The molecule has 1 nitrogen and oxygen atoms in total. The third kappa shape index (κ3) is 2.76. The zero-order chi connectivity index (χ0) is 23.6. The van der Waals surface area contributed by atoms with E-state index in [1.54, 1.807) is 0 Å². The fourth-order valence-electron chi connectivity index (χ4n) is 6.09. The molecule has 0 saturated carbocycles. The summed E-state index contributed by atoms with van der Waals surface area (Å²) in [5.41, 5.74) is 7.84. The molecule has 0 fully saturated rings. The molecule has 2 heteroatoms. The van der Waals surface area contributed by atoms with Crippen LogP contribution in [-0.4, -0.2) is 4.57 Å². The lowest BCUT2D eigenvalue weighted by Crippen LogP contribution is -1.94. The van der Waals surface area contributed by atoms with Crippen LogP contribution in [0.25, 0.3) is 65.6 Å². The maximum atomic E-state index is 2.50. The van der Waals surface area contributed by atoms with Gasteiger partial charge in [-0.3, -0.25) is 0 Å². The summed E-state index contributed by atoms with van der Waals surface area (Å²) in [7, 11) is 0. The molecule has 0 bridgehead atoms. The summed E-state index contributed by atoms with van der Waals surface area (Å²) in [5, 5.41) is 6.85. The largest absolute Gasteiger partial charge is 0.308 e. The molecule has 0 radical (unpaired) electrons. The number of nitrogens with zero attached hydrogens (tertiary/aromatic N) is 1. The van der Waals surface area contributed by atoms with Gasteiger partial charge in [0.2, 0.25) is 0 Å². The van der Waals surface area contributed by atoms with Crippen molar-refractivity contribution in [2.24, 2.45) is 0 Å². The Morgan fingerprint density at radius 2 is 1.36 bits per heavy atom. The van der Waals surface area contributed by atoms with Gasteiger partial charge in [0.1, 0.15) is 0 Å². The van der Waals surface area contributed by atoms with Gasteiger partial charge >= 0.3 is 0 Å². The summed E-state index contributed by atoms with van der Waals surface area (Å²) < 4.78 is 3.90. The first kappa shape index (κ1) is 20.1. The molecule has 0 unspecified atom stereocenters. The molecule has 0 spiro atoms. The third-order valence-electron chi connectivity index (χ3n) is 7.64. The van der Waals surface area contributed by atoms with Crippen molar-refractivity contribution in [3.63, 3.8) is 0 Å². The highest BCUT2D eigenvalue weighted by Gasteiger charge is 2.24. The Morgan fingerprint density at radius 3 is 2.17 bits per heavy atom. The van der Waals surface area contributed by atoms with Crippen molar-refractivity contribution in [1.29, 1.82) is 0 Å². The van der Waals surface area contributed by atoms with Crippen LogP contribution in [0.4, 0.5) is 0 Å². The van der Waals surface area contributed by atoms with E-state index in [0.717, 1.165) is 12.8 Å². The quantitative estimate of drug-likeness (QED) is 0.233. The third-order valence-corrected chi connectivity index (χ3v) is 8.84. The van der Waals surface area contributed by atoms with E-state index >= 15 is 0 Å². The van der Waals surface area contributed by atoms with E-state index in [1.165, 1.54) is 69.9 Å². The number of hydrogen-bond acceptors (Lipinski definition) is 1. The molecule has 7 aromatic rings. The lowest BCUT2D eigenvalue weighted by molar-refractivity contribution is 1.01. The Bertz CT molecular complexity index is 1970. The van der Waals surface area contributed by atoms with E-state index in [9.17, 15) is 0 Å². The van der Waals surface area contributed by atoms with Crippen LogP contribution in [0, 0.1) is 0 Å². The molecular weight excluding hydrogens is 454 g/mol. The standard InChI is InChI=1S/C34H23NS/c1-3-11-22(12-4-1)23-19-20-29-28(21-23)31-25-15-7-8-16-26(25)32-27-17-9-10-18-30(27)36-34(32)33(31)35(29)24-13-5-2-6-14-24/h1-8,10-16,18-21H,9,17H2. The van der Waals surface area contributed by atoms with Crippen molar-refractivity contribution in [2.75, 3.05) is 0 Å². The highest BCUT2D eigenvalue weighted by atomic mass is 32.1. The molecule has 8 rings (SSSR count). The Labute approximate surface area is 213 Å². The fourth-order valence-corrected chi connectivity index (χ4v) is 7.43. The van der Waals surface area contributed by atoms with Gasteiger partial charge in [-0.25, -0.2) is 0 Å². The van der Waals surface area contributed by atoms with Crippen LogP contribution < -0.4 is 0 Å². The zero-order valence-electron chi connectivity index (χ0n) is 19.7. The maximum Gasteiger partial charge on any atom is 0.0726 e. The fraction of sp³-hybridized carbons (Fsp3) is 0.0588. The number of allylic oxidation sites excluding steroid dienone is 1. The molecule has 0 aliphatic heterocycles. The van der Waals surface area contributed by atoms with Crippen LogP contribution in [-0.2, 0) is 6.42 Å². The highest BCUT2D eigenvalue weighted by molar-refractivity contribution is 7.21. The highest BCUT2D eigenvalue weighted by Crippen LogP contribution is 2.48. The first-order valence-corrected chi connectivity index (χ1v) is 13.4. The summed E-state index contributed by atoms with van der Waals surface area (Å²) in [4.78, 5) is 1.42. The minimum atomic E-state index is 1.12. The molecule has 0 N–H and O–H groups in total. The second kappa shape index (κ2) is 7.68. The molecule has 0 atom stereocenters. The maximum absolute atomic E-state index is 2.50. The zero-order valence-corrected chi connectivity index (χ0v) is 20.6. The summed E-state index contributed by atoms with van der Waals surface area (Å²) >= 11 is 1.96. The van der Waals surface area contributed by atoms with Crippen LogP contribution in [0.15, 0.2) is 109 Å². The number of benzene rings is 5. The first-order chi connectivity index (χ1) is 17.9. The van der Waals surface area contributed by atoms with E-state index in [1.807, 2.05) is 11.3 Å². The average Bonchev–Trinajstić information content (AvgIpc) is 3.50. The first-order valence-electron chi connectivity index (χ1n) is 12.6. The molecule has 1 aliphatic carbocycles. The van der Waals surface area contributed by atoms with E-state index in [0.29, 0.717) is 0 Å². The Kier molecular flexibility index (Phi) is 4.29. The second-order valence-electron chi connectivity index (χ2n) is 9.63. The van der Waals surface area contributed by atoms with Crippen molar-refractivity contribution >= 4 is 60.1 Å². The molecule has 0 saturated heterocycles. The predicted molar refractivity (Wildman–Crippen MR) is 156 cm³/mol. The van der Waals surface area contributed by atoms with Crippen LogP contribution in [0.1, 0.15) is 16.9 Å². The van der Waals surface area contributed by atoms with Crippen molar-refractivity contribution in [2.45, 2.75) is 12.8 Å². The smallest absolute Gasteiger partial charge is 0.0726 e. The van der Waals surface area contributed by atoms with Gasteiger partial charge in [0.25, 0.3) is 0 Å². The van der Waals surface area contributed by atoms with Gasteiger partial charge in [-0.05, 0) is 70.6 Å². The normalized spacial score (nSPS) is 13.2. The lowest BCUT2D eigenvalue weighted by Gasteiger charge is -2.11. The van der Waals surface area contributed by atoms with E-state index in [2.05, 4.69) is 120 Å². The summed E-state index contributed by atoms with van der Waals surface area (Å²) in [5.74, 6) is 0. The summed E-state index contributed by atoms with van der Waals surface area (Å²) in [6.45, 7) is 0. The number of rotatable bonds is 2. The molecule has 36 heavy (non-hydrogen) atoms. The predicted octanol–water partition coefficient (Wildman–Crippen LogP) is 9.78. The molecule has 2 heterocycles. The van der Waals surface area contributed by atoms with E-state index in [-0.39, 0.29) is 0 Å². The SMILES string of the molecule is C1=Cc2sc3c(c2CC1)c1ccccc1c1c2cc(-c4ccccc4)ccc2n(-c2ccccc2)c31. The van der Waals surface area contributed by atoms with Crippen molar-refractivity contribution in [3.8, 4) is 16.8 Å². The van der Waals surface area contributed by atoms with Gasteiger partial charge in [0.15, 0.2) is 0 Å². The summed E-state index contributed by atoms with van der Waals surface area (Å²) in [6, 6.07) is 37.6. The minimum Gasteiger partial charge on any atom is -0.308 e. The van der Waals surface area contributed by atoms with Crippen LogP contribution in [0.2, 0.25) is 0 Å². The van der Waals surface area contributed by atoms with E-state index in [4.69, 9.17) is 0 Å². The Balaban J connectivity index is 1.64. The van der Waals surface area contributed by atoms with Crippen LogP contribution in [0.3, 0.4) is 0 Å². The van der Waals surface area contributed by atoms with Gasteiger partial charge < -0.3 is 4.57 Å². The summed E-state index contributed by atoms with van der Waals surface area (Å²) in [6.07, 6.45) is 6.90. The molecule has 5 aromatic carbocycles. The molecule has 170 valence electrons. The van der Waals surface area contributed by atoms with E-state index < -0.39 is 0 Å². The number of thiophene rings is 1. The minimum absolute atomic E-state index is 1.12. The van der Waals surface area contributed by atoms with Gasteiger partial charge in [0, 0.05) is 26.7 Å². The second-order valence-corrected chi connectivity index (χ2v) is 10.7. The molecular formula is C34H23NS. The van der Waals surface area contributed by atoms with Gasteiger partial charge in [-0.15, -0.1) is 11.3 Å². The average molecular weight is 478 g/mol. The molecule has 0 amide bonds.